The van der Waals surface area contributed by atoms with E-state index in [9.17, 15) is 0 Å². The summed E-state index contributed by atoms with van der Waals surface area (Å²) in [5.41, 5.74) is 2.34. The first-order chi connectivity index (χ1) is 2.89. The van der Waals surface area contributed by atoms with Crippen LogP contribution in [-0.4, -0.2) is 12.3 Å². The summed E-state index contributed by atoms with van der Waals surface area (Å²) in [6, 6.07) is 0. The number of nitrogens with one attached hydrogen (secondary N) is 1. The predicted molar refractivity (Wildman–Crippen MR) is 22.2 cm³/mol. The number of hydrazone groups is 1. The largest absolute Gasteiger partial charge is 0.250 e. The summed E-state index contributed by atoms with van der Waals surface area (Å²) in [6.45, 7) is 1.91. The van der Waals surface area contributed by atoms with E-state index >= 15 is 0 Å². The van der Waals surface area contributed by atoms with E-state index in [4.69, 9.17) is 0 Å². The van der Waals surface area contributed by atoms with Crippen molar-refractivity contribution >= 4 is 6.21 Å². The Bertz CT molecular complexity index is 71.2. The van der Waals surface area contributed by atoms with Crippen LogP contribution in [0.1, 0.15) is 6.92 Å². The molecule has 34 valence electrons. The van der Waals surface area contributed by atoms with E-state index in [-0.39, 0.29) is 6.10 Å². The third-order valence-electron chi connectivity index (χ3n) is 0.576. The summed E-state index contributed by atoms with van der Waals surface area (Å²) in [5, 5.41) is 3.57. The highest BCUT2D eigenvalue weighted by molar-refractivity contribution is 5.62. The molecule has 6 heavy (non-hydrogen) atoms. The number of rotatable bonds is 0. The molecule has 0 saturated heterocycles. The molecule has 1 N–H and O–H groups in total. The van der Waals surface area contributed by atoms with Crippen molar-refractivity contribution in [1.82, 2.24) is 5.59 Å². The minimum atomic E-state index is 0.144. The van der Waals surface area contributed by atoms with Crippen molar-refractivity contribution in [2.24, 2.45) is 5.10 Å². The van der Waals surface area contributed by atoms with E-state index in [1.165, 1.54) is 0 Å². The van der Waals surface area contributed by atoms with Gasteiger partial charge in [0, 0.05) is 0 Å². The van der Waals surface area contributed by atoms with E-state index in [2.05, 4.69) is 15.5 Å². The molecule has 0 fully saturated rings. The van der Waals surface area contributed by atoms with Crippen LogP contribution in [-0.2, 0) is 4.84 Å². The average molecular weight is 86.1 g/mol. The van der Waals surface area contributed by atoms with Crippen molar-refractivity contribution in [3.8, 4) is 0 Å². The molecule has 1 aliphatic heterocycles. The molecule has 0 radical (unpaired) electrons. The maximum absolute atomic E-state index is 4.68. The number of hydrogen-bond donors (Lipinski definition) is 1. The minimum absolute atomic E-state index is 0.144. The van der Waals surface area contributed by atoms with Crippen molar-refractivity contribution in [2.45, 2.75) is 13.0 Å². The van der Waals surface area contributed by atoms with Crippen LogP contribution in [0.25, 0.3) is 0 Å². The highest BCUT2D eigenvalue weighted by atomic mass is 16.7. The molecular weight excluding hydrogens is 80.0 g/mol. The number of hydrogen-bond acceptors (Lipinski definition) is 3. The van der Waals surface area contributed by atoms with Crippen molar-refractivity contribution in [2.75, 3.05) is 0 Å². The lowest BCUT2D eigenvalue weighted by Gasteiger charge is -1.91. The Morgan fingerprint density at radius 1 is 2.00 bits per heavy atom. The molecule has 0 spiro atoms. The molecule has 0 aliphatic carbocycles. The standard InChI is InChI=1S/C3H6N2O/c1-3-2-4-5-6-3/h2-3,5H,1H3. The highest BCUT2D eigenvalue weighted by Crippen LogP contribution is 1.86. The summed E-state index contributed by atoms with van der Waals surface area (Å²) in [5.74, 6) is 0. The van der Waals surface area contributed by atoms with E-state index in [0.717, 1.165) is 0 Å². The highest BCUT2D eigenvalue weighted by Gasteiger charge is 1.99. The van der Waals surface area contributed by atoms with Crippen LogP contribution in [0.3, 0.4) is 0 Å². The predicted octanol–water partition coefficient (Wildman–Crippen LogP) is -0.104. The Kier molecular flexibility index (Phi) is 0.759. The Morgan fingerprint density at radius 3 is 3.00 bits per heavy atom. The molecule has 1 atom stereocenters. The zero-order valence-corrected chi connectivity index (χ0v) is 3.51. The lowest BCUT2D eigenvalue weighted by Crippen LogP contribution is -2.06. The maximum Gasteiger partial charge on any atom is 0.121 e. The molecule has 0 amide bonds. The summed E-state index contributed by atoms with van der Waals surface area (Å²) >= 11 is 0. The maximum atomic E-state index is 4.68. The van der Waals surface area contributed by atoms with Gasteiger partial charge in [0.25, 0.3) is 0 Å². The van der Waals surface area contributed by atoms with E-state index in [1.54, 1.807) is 6.21 Å². The SMILES string of the molecule is CC1C=NNO1. The third kappa shape index (κ3) is 0.490. The molecule has 1 heterocycles. The Labute approximate surface area is 35.9 Å². The molecule has 0 aromatic rings. The van der Waals surface area contributed by atoms with Crippen LogP contribution in [0, 0.1) is 0 Å². The van der Waals surface area contributed by atoms with Crippen LogP contribution >= 0.6 is 0 Å². The fourth-order valence-electron chi connectivity index (χ4n) is 0.279. The van der Waals surface area contributed by atoms with Gasteiger partial charge in [-0.15, -0.1) is 0 Å². The van der Waals surface area contributed by atoms with Crippen molar-refractivity contribution < 1.29 is 4.84 Å². The van der Waals surface area contributed by atoms with Crippen molar-refractivity contribution in [1.29, 1.82) is 0 Å². The first-order valence-corrected chi connectivity index (χ1v) is 1.83. The Morgan fingerprint density at radius 2 is 2.83 bits per heavy atom. The molecule has 0 saturated carbocycles. The topological polar surface area (TPSA) is 33.6 Å². The van der Waals surface area contributed by atoms with Gasteiger partial charge < -0.3 is 0 Å². The fourth-order valence-corrected chi connectivity index (χ4v) is 0.279. The summed E-state index contributed by atoms with van der Waals surface area (Å²) in [6.07, 6.45) is 1.84. The van der Waals surface area contributed by atoms with Gasteiger partial charge in [0.1, 0.15) is 6.10 Å². The van der Waals surface area contributed by atoms with Gasteiger partial charge in [-0.05, 0) is 6.92 Å². The first kappa shape index (κ1) is 3.61. The molecular formula is C3H6N2O. The molecule has 3 heteroatoms. The Hall–Kier alpha value is -0.570. The second-order valence-corrected chi connectivity index (χ2v) is 1.19. The zero-order valence-electron chi connectivity index (χ0n) is 3.51. The normalized spacial score (nSPS) is 30.5. The van der Waals surface area contributed by atoms with E-state index in [1.807, 2.05) is 6.92 Å². The van der Waals surface area contributed by atoms with Gasteiger partial charge in [-0.1, -0.05) is 0 Å². The van der Waals surface area contributed by atoms with Crippen molar-refractivity contribution in [3.05, 3.63) is 0 Å². The quantitative estimate of drug-likeness (QED) is 0.446. The van der Waals surface area contributed by atoms with Gasteiger partial charge in [0.15, 0.2) is 0 Å². The lowest BCUT2D eigenvalue weighted by molar-refractivity contribution is 0.0453. The summed E-state index contributed by atoms with van der Waals surface area (Å²) in [4.78, 5) is 4.68. The molecule has 1 unspecified atom stereocenters. The summed E-state index contributed by atoms with van der Waals surface area (Å²) < 4.78 is 0. The Balaban J connectivity index is 2.38. The molecule has 1 aliphatic rings. The molecule has 0 bridgehead atoms. The van der Waals surface area contributed by atoms with E-state index in [0.29, 0.717) is 0 Å². The summed E-state index contributed by atoms with van der Waals surface area (Å²) in [7, 11) is 0. The second kappa shape index (κ2) is 1.26. The van der Waals surface area contributed by atoms with Crippen LogP contribution in [0.4, 0.5) is 0 Å². The minimum Gasteiger partial charge on any atom is -0.250 e. The zero-order chi connectivity index (χ0) is 4.41. The van der Waals surface area contributed by atoms with Gasteiger partial charge in [0.05, 0.1) is 6.21 Å². The number of nitrogens with zero attached hydrogens (tertiary/aromatic N) is 1. The molecule has 3 nitrogen and oxygen atoms in total. The molecule has 1 rings (SSSR count). The van der Waals surface area contributed by atoms with Gasteiger partial charge in [-0.3, -0.25) is 4.84 Å². The van der Waals surface area contributed by atoms with Gasteiger partial charge in [-0.2, -0.15) is 10.7 Å². The smallest absolute Gasteiger partial charge is 0.121 e. The van der Waals surface area contributed by atoms with Crippen LogP contribution in [0.5, 0.6) is 0 Å². The second-order valence-electron chi connectivity index (χ2n) is 1.19. The fraction of sp³-hybridized carbons (Fsp3) is 0.667. The average Bonchev–Trinajstić information content (AvgIpc) is 1.86. The third-order valence-corrected chi connectivity index (χ3v) is 0.576. The van der Waals surface area contributed by atoms with Gasteiger partial charge >= 0.3 is 0 Å². The molecule has 0 aromatic carbocycles. The lowest BCUT2D eigenvalue weighted by atomic mass is 10.5. The first-order valence-electron chi connectivity index (χ1n) is 1.83. The van der Waals surface area contributed by atoms with Crippen LogP contribution in [0.2, 0.25) is 0 Å². The van der Waals surface area contributed by atoms with Gasteiger partial charge in [-0.25, -0.2) is 0 Å². The van der Waals surface area contributed by atoms with Crippen LogP contribution in [0.15, 0.2) is 5.10 Å². The van der Waals surface area contributed by atoms with Gasteiger partial charge in [0.2, 0.25) is 0 Å². The van der Waals surface area contributed by atoms with E-state index < -0.39 is 0 Å². The monoisotopic (exact) mass is 86.0 g/mol. The van der Waals surface area contributed by atoms with Crippen molar-refractivity contribution in [3.63, 3.8) is 0 Å². The van der Waals surface area contributed by atoms with Crippen LogP contribution < -0.4 is 5.59 Å². The molecule has 0 aromatic heterocycles.